The Morgan fingerprint density at radius 2 is 2.17 bits per heavy atom. The molecule has 2 atom stereocenters. The zero-order chi connectivity index (χ0) is 8.39. The van der Waals surface area contributed by atoms with E-state index in [2.05, 4.69) is 4.72 Å². The van der Waals surface area contributed by atoms with Gasteiger partial charge in [-0.25, -0.2) is 8.93 Å². The average molecular weight is 183 g/mol. The van der Waals surface area contributed by atoms with Crippen LogP contribution in [0.1, 0.15) is 11.7 Å². The van der Waals surface area contributed by atoms with Crippen molar-refractivity contribution in [2.45, 2.75) is 6.10 Å². The Labute approximate surface area is 73.5 Å². The summed E-state index contributed by atoms with van der Waals surface area (Å²) in [5, 5.41) is 0. The standard InChI is InChI=1S/C8H9NO2S/c10-12-9-6-8(11-12)7-4-2-1-3-5-7/h1-5,8-9H,6H2. The van der Waals surface area contributed by atoms with E-state index in [1.807, 2.05) is 30.3 Å². The van der Waals surface area contributed by atoms with Crippen LogP contribution in [0.5, 0.6) is 0 Å². The van der Waals surface area contributed by atoms with Gasteiger partial charge in [-0.05, 0) is 5.56 Å². The van der Waals surface area contributed by atoms with Crippen molar-refractivity contribution in [1.29, 1.82) is 0 Å². The number of hydrogen-bond donors (Lipinski definition) is 1. The molecule has 1 aromatic carbocycles. The van der Waals surface area contributed by atoms with E-state index >= 15 is 0 Å². The maximum Gasteiger partial charge on any atom is 0.235 e. The van der Waals surface area contributed by atoms with Gasteiger partial charge in [-0.3, -0.25) is 4.18 Å². The van der Waals surface area contributed by atoms with Crippen molar-refractivity contribution in [2.75, 3.05) is 6.54 Å². The predicted molar refractivity (Wildman–Crippen MR) is 46.4 cm³/mol. The van der Waals surface area contributed by atoms with Gasteiger partial charge in [0.2, 0.25) is 11.3 Å². The van der Waals surface area contributed by atoms with Gasteiger partial charge in [0.05, 0.1) is 0 Å². The van der Waals surface area contributed by atoms with Crippen molar-refractivity contribution in [1.82, 2.24) is 4.72 Å². The lowest BCUT2D eigenvalue weighted by Gasteiger charge is -2.04. The zero-order valence-corrected chi connectivity index (χ0v) is 7.21. The second-order valence-corrected chi connectivity index (χ2v) is 3.53. The maximum atomic E-state index is 10.8. The topological polar surface area (TPSA) is 38.3 Å². The van der Waals surface area contributed by atoms with E-state index in [0.29, 0.717) is 6.54 Å². The zero-order valence-electron chi connectivity index (χ0n) is 6.40. The van der Waals surface area contributed by atoms with Crippen LogP contribution < -0.4 is 4.72 Å². The SMILES string of the molecule is O=S1NCC(c2ccccc2)O1. The molecule has 0 radical (unpaired) electrons. The van der Waals surface area contributed by atoms with Crippen LogP contribution in [0.15, 0.2) is 30.3 Å². The normalized spacial score (nSPS) is 29.0. The van der Waals surface area contributed by atoms with Crippen molar-refractivity contribution in [3.8, 4) is 0 Å². The molecule has 1 aliphatic heterocycles. The number of rotatable bonds is 1. The molecule has 3 nitrogen and oxygen atoms in total. The monoisotopic (exact) mass is 183 g/mol. The highest BCUT2D eigenvalue weighted by Crippen LogP contribution is 2.20. The molecule has 4 heteroatoms. The summed E-state index contributed by atoms with van der Waals surface area (Å²) < 4.78 is 18.6. The lowest BCUT2D eigenvalue weighted by atomic mass is 10.1. The molecule has 1 N–H and O–H groups in total. The van der Waals surface area contributed by atoms with Gasteiger partial charge in [-0.2, -0.15) is 0 Å². The number of nitrogens with one attached hydrogen (secondary N) is 1. The van der Waals surface area contributed by atoms with Crippen LogP contribution >= 0.6 is 0 Å². The molecule has 1 heterocycles. The van der Waals surface area contributed by atoms with Gasteiger partial charge in [0, 0.05) is 6.54 Å². The minimum atomic E-state index is -1.30. The summed E-state index contributed by atoms with van der Waals surface area (Å²) in [7, 11) is 0. The fraction of sp³-hybridized carbons (Fsp3) is 0.250. The lowest BCUT2D eigenvalue weighted by Crippen LogP contribution is -2.08. The summed E-state index contributed by atoms with van der Waals surface area (Å²) >= 11 is -1.30. The van der Waals surface area contributed by atoms with E-state index in [9.17, 15) is 4.21 Å². The van der Waals surface area contributed by atoms with Crippen molar-refractivity contribution < 1.29 is 8.39 Å². The molecule has 12 heavy (non-hydrogen) atoms. The van der Waals surface area contributed by atoms with Crippen LogP contribution in [0, 0.1) is 0 Å². The van der Waals surface area contributed by atoms with E-state index < -0.39 is 11.3 Å². The van der Waals surface area contributed by atoms with Gasteiger partial charge in [0.15, 0.2) is 0 Å². The summed E-state index contributed by atoms with van der Waals surface area (Å²) in [6.07, 6.45) is -0.0629. The molecule has 0 saturated carbocycles. The Morgan fingerprint density at radius 3 is 2.75 bits per heavy atom. The Bertz CT molecular complexity index is 288. The van der Waals surface area contributed by atoms with Gasteiger partial charge in [-0.15, -0.1) is 0 Å². The Balaban J connectivity index is 2.16. The minimum Gasteiger partial charge on any atom is -0.269 e. The van der Waals surface area contributed by atoms with Gasteiger partial charge in [0.1, 0.15) is 6.10 Å². The molecule has 1 aliphatic rings. The third-order valence-corrected chi connectivity index (χ3v) is 2.57. The first kappa shape index (κ1) is 7.91. The Hall–Kier alpha value is -0.710. The molecule has 64 valence electrons. The van der Waals surface area contributed by atoms with Gasteiger partial charge in [0.25, 0.3) is 0 Å². The molecule has 0 aromatic heterocycles. The highest BCUT2D eigenvalue weighted by Gasteiger charge is 2.22. The first-order chi connectivity index (χ1) is 5.86. The van der Waals surface area contributed by atoms with Crippen molar-refractivity contribution in [3.63, 3.8) is 0 Å². The van der Waals surface area contributed by atoms with Crippen LogP contribution in [0.4, 0.5) is 0 Å². The molecule has 1 fully saturated rings. The van der Waals surface area contributed by atoms with Crippen molar-refractivity contribution in [3.05, 3.63) is 35.9 Å². The van der Waals surface area contributed by atoms with Crippen LogP contribution in [-0.2, 0) is 15.4 Å². The highest BCUT2D eigenvalue weighted by atomic mass is 32.2. The predicted octanol–water partition coefficient (Wildman–Crippen LogP) is 0.926. The molecule has 0 spiro atoms. The first-order valence-corrected chi connectivity index (χ1v) is 4.81. The van der Waals surface area contributed by atoms with Crippen molar-refractivity contribution in [2.24, 2.45) is 0 Å². The number of benzene rings is 1. The van der Waals surface area contributed by atoms with E-state index in [-0.39, 0.29) is 6.10 Å². The second-order valence-electron chi connectivity index (χ2n) is 2.58. The average Bonchev–Trinajstić information content (AvgIpc) is 2.54. The van der Waals surface area contributed by atoms with Gasteiger partial charge >= 0.3 is 0 Å². The summed E-state index contributed by atoms with van der Waals surface area (Å²) in [5.74, 6) is 0. The van der Waals surface area contributed by atoms with Crippen LogP contribution in [-0.4, -0.2) is 10.8 Å². The minimum absolute atomic E-state index is 0.0629. The summed E-state index contributed by atoms with van der Waals surface area (Å²) in [5.41, 5.74) is 1.07. The Kier molecular flexibility index (Phi) is 2.21. The third kappa shape index (κ3) is 1.55. The molecule has 0 bridgehead atoms. The molecular weight excluding hydrogens is 174 g/mol. The van der Waals surface area contributed by atoms with Gasteiger partial charge < -0.3 is 0 Å². The lowest BCUT2D eigenvalue weighted by molar-refractivity contribution is 0.269. The third-order valence-electron chi connectivity index (χ3n) is 1.76. The number of hydrogen-bond acceptors (Lipinski definition) is 2. The quantitative estimate of drug-likeness (QED) is 0.703. The smallest absolute Gasteiger partial charge is 0.235 e. The maximum absolute atomic E-state index is 10.8. The van der Waals surface area contributed by atoms with Crippen LogP contribution in [0.3, 0.4) is 0 Å². The van der Waals surface area contributed by atoms with E-state index in [1.54, 1.807) is 0 Å². The molecule has 0 aliphatic carbocycles. The molecule has 2 unspecified atom stereocenters. The summed E-state index contributed by atoms with van der Waals surface area (Å²) in [6.45, 7) is 0.622. The summed E-state index contributed by atoms with van der Waals surface area (Å²) in [4.78, 5) is 0. The second kappa shape index (κ2) is 3.35. The van der Waals surface area contributed by atoms with Crippen molar-refractivity contribution >= 4 is 11.3 Å². The Morgan fingerprint density at radius 1 is 1.42 bits per heavy atom. The molecule has 1 saturated heterocycles. The molecule has 2 rings (SSSR count). The highest BCUT2D eigenvalue weighted by molar-refractivity contribution is 7.78. The molecular formula is C8H9NO2S. The molecule has 0 amide bonds. The summed E-state index contributed by atoms with van der Waals surface area (Å²) in [6, 6.07) is 9.77. The fourth-order valence-electron chi connectivity index (χ4n) is 1.16. The largest absolute Gasteiger partial charge is 0.269 e. The van der Waals surface area contributed by atoms with Gasteiger partial charge in [-0.1, -0.05) is 30.3 Å². The van der Waals surface area contributed by atoms with Crippen LogP contribution in [0.2, 0.25) is 0 Å². The molecule has 1 aromatic rings. The first-order valence-electron chi connectivity index (χ1n) is 3.73. The van der Waals surface area contributed by atoms with E-state index in [4.69, 9.17) is 4.18 Å². The fourth-order valence-corrected chi connectivity index (χ4v) is 1.90. The van der Waals surface area contributed by atoms with E-state index in [1.165, 1.54) is 0 Å². The van der Waals surface area contributed by atoms with Crippen LogP contribution in [0.25, 0.3) is 0 Å². The van der Waals surface area contributed by atoms with E-state index in [0.717, 1.165) is 5.56 Å².